The predicted octanol–water partition coefficient (Wildman–Crippen LogP) is 1.41. The normalized spacial score (nSPS) is 24.3. The van der Waals surface area contributed by atoms with E-state index in [2.05, 4.69) is 5.10 Å². The van der Waals surface area contributed by atoms with Crippen molar-refractivity contribution in [3.63, 3.8) is 0 Å². The van der Waals surface area contributed by atoms with Gasteiger partial charge in [-0.05, 0) is 12.8 Å². The number of halogens is 1. The Morgan fingerprint density at radius 1 is 1.67 bits per heavy atom. The van der Waals surface area contributed by atoms with Gasteiger partial charge in [0.15, 0.2) is 9.84 Å². The van der Waals surface area contributed by atoms with Crippen LogP contribution in [0.1, 0.15) is 31.6 Å². The molecule has 2 atom stereocenters. The monoisotopic (exact) mass is 292 g/mol. The summed E-state index contributed by atoms with van der Waals surface area (Å²) in [7, 11) is -3.00. The van der Waals surface area contributed by atoms with Crippen LogP contribution in [0.3, 0.4) is 0 Å². The van der Waals surface area contributed by atoms with Gasteiger partial charge in [0.05, 0.1) is 28.4 Å². The number of nitrogens with zero attached hydrogens (tertiary/aromatic N) is 2. The lowest BCUT2D eigenvalue weighted by atomic mass is 9.99. The van der Waals surface area contributed by atoms with Crippen LogP contribution in [-0.4, -0.2) is 34.8 Å². The second-order valence-corrected chi connectivity index (χ2v) is 7.34. The van der Waals surface area contributed by atoms with E-state index in [0.717, 1.165) is 6.42 Å². The summed E-state index contributed by atoms with van der Waals surface area (Å²) in [6, 6.07) is 0. The molecule has 0 saturated carbocycles. The van der Waals surface area contributed by atoms with E-state index in [0.29, 0.717) is 23.7 Å². The fourth-order valence-electron chi connectivity index (χ4n) is 2.35. The van der Waals surface area contributed by atoms with Gasteiger partial charge in [0.25, 0.3) is 0 Å². The van der Waals surface area contributed by atoms with Crippen molar-refractivity contribution in [3.05, 3.63) is 16.9 Å². The van der Waals surface area contributed by atoms with Crippen molar-refractivity contribution < 1.29 is 13.5 Å². The molecule has 2 unspecified atom stereocenters. The SMILES string of the molecule is CCCn1ncc(Cl)c1C(O)C1CCS(=O)(=O)C1. The third-order valence-electron chi connectivity index (χ3n) is 3.26. The summed E-state index contributed by atoms with van der Waals surface area (Å²) in [5, 5.41) is 14.8. The van der Waals surface area contributed by atoms with Crippen molar-refractivity contribution in [1.29, 1.82) is 0 Å². The van der Waals surface area contributed by atoms with Gasteiger partial charge in [-0.25, -0.2) is 8.42 Å². The number of aryl methyl sites for hydroxylation is 1. The third kappa shape index (κ3) is 2.70. The van der Waals surface area contributed by atoms with Crippen LogP contribution >= 0.6 is 11.6 Å². The summed E-state index contributed by atoms with van der Waals surface area (Å²) in [4.78, 5) is 0. The molecule has 1 aliphatic rings. The van der Waals surface area contributed by atoms with E-state index in [-0.39, 0.29) is 17.4 Å². The van der Waals surface area contributed by atoms with Crippen LogP contribution in [0, 0.1) is 5.92 Å². The van der Waals surface area contributed by atoms with E-state index in [1.807, 2.05) is 6.92 Å². The zero-order valence-electron chi connectivity index (χ0n) is 10.2. The lowest BCUT2D eigenvalue weighted by molar-refractivity contribution is 0.111. The summed E-state index contributed by atoms with van der Waals surface area (Å²) in [5.74, 6) is -0.101. The van der Waals surface area contributed by atoms with Crippen molar-refractivity contribution >= 4 is 21.4 Å². The molecule has 1 fully saturated rings. The zero-order valence-corrected chi connectivity index (χ0v) is 11.8. The standard InChI is InChI=1S/C11H17ClN2O3S/c1-2-4-14-10(9(12)6-13-14)11(15)8-3-5-18(16,17)7-8/h6,8,11,15H,2-5,7H2,1H3. The van der Waals surface area contributed by atoms with Crippen LogP contribution in [0.15, 0.2) is 6.20 Å². The fourth-order valence-corrected chi connectivity index (χ4v) is 4.43. The molecular formula is C11H17ClN2O3S. The van der Waals surface area contributed by atoms with Crippen LogP contribution in [0.4, 0.5) is 0 Å². The Balaban J connectivity index is 2.23. The quantitative estimate of drug-likeness (QED) is 0.911. The first-order valence-corrected chi connectivity index (χ1v) is 8.24. The predicted molar refractivity (Wildman–Crippen MR) is 69.2 cm³/mol. The van der Waals surface area contributed by atoms with E-state index in [9.17, 15) is 13.5 Å². The summed E-state index contributed by atoms with van der Waals surface area (Å²) < 4.78 is 24.6. The fraction of sp³-hybridized carbons (Fsp3) is 0.727. The molecule has 2 heterocycles. The van der Waals surface area contributed by atoms with E-state index in [1.165, 1.54) is 6.20 Å². The molecule has 2 rings (SSSR count). The molecule has 1 aliphatic heterocycles. The van der Waals surface area contributed by atoms with Gasteiger partial charge in [0, 0.05) is 12.5 Å². The molecule has 0 bridgehead atoms. The maximum Gasteiger partial charge on any atom is 0.150 e. The Morgan fingerprint density at radius 3 is 2.94 bits per heavy atom. The number of aliphatic hydroxyl groups excluding tert-OH is 1. The van der Waals surface area contributed by atoms with Crippen LogP contribution in [-0.2, 0) is 16.4 Å². The highest BCUT2D eigenvalue weighted by Crippen LogP contribution is 2.34. The summed E-state index contributed by atoms with van der Waals surface area (Å²) in [6.07, 6.45) is 2.00. The van der Waals surface area contributed by atoms with Gasteiger partial charge in [-0.3, -0.25) is 4.68 Å². The minimum atomic E-state index is -3.00. The molecular weight excluding hydrogens is 276 g/mol. The van der Waals surface area contributed by atoms with Crippen molar-refractivity contribution in [3.8, 4) is 0 Å². The Labute approximate surface area is 112 Å². The molecule has 0 aromatic carbocycles. The molecule has 1 N–H and O–H groups in total. The molecule has 102 valence electrons. The molecule has 0 amide bonds. The van der Waals surface area contributed by atoms with E-state index < -0.39 is 15.9 Å². The minimum Gasteiger partial charge on any atom is -0.386 e. The summed E-state index contributed by atoms with van der Waals surface area (Å²) in [6.45, 7) is 2.67. The summed E-state index contributed by atoms with van der Waals surface area (Å²) >= 11 is 6.03. The highest BCUT2D eigenvalue weighted by molar-refractivity contribution is 7.91. The van der Waals surface area contributed by atoms with Crippen LogP contribution in [0.5, 0.6) is 0 Å². The smallest absolute Gasteiger partial charge is 0.150 e. The molecule has 18 heavy (non-hydrogen) atoms. The average Bonchev–Trinajstić information content (AvgIpc) is 2.82. The molecule has 1 aromatic heterocycles. The van der Waals surface area contributed by atoms with E-state index >= 15 is 0 Å². The number of hydrogen-bond acceptors (Lipinski definition) is 4. The third-order valence-corrected chi connectivity index (χ3v) is 5.35. The number of aromatic nitrogens is 2. The Kier molecular flexibility index (Phi) is 3.99. The van der Waals surface area contributed by atoms with Crippen LogP contribution < -0.4 is 0 Å². The Hall–Kier alpha value is -0.590. The van der Waals surface area contributed by atoms with Gasteiger partial charge < -0.3 is 5.11 Å². The number of sulfone groups is 1. The largest absolute Gasteiger partial charge is 0.386 e. The first-order valence-electron chi connectivity index (χ1n) is 6.04. The minimum absolute atomic E-state index is 0.0296. The topological polar surface area (TPSA) is 72.2 Å². The van der Waals surface area contributed by atoms with Crippen molar-refractivity contribution in [2.75, 3.05) is 11.5 Å². The second kappa shape index (κ2) is 5.19. The van der Waals surface area contributed by atoms with Crippen LogP contribution in [0.25, 0.3) is 0 Å². The lowest BCUT2D eigenvalue weighted by Crippen LogP contribution is -2.18. The number of rotatable bonds is 4. The van der Waals surface area contributed by atoms with Gasteiger partial charge in [-0.1, -0.05) is 18.5 Å². The van der Waals surface area contributed by atoms with Crippen molar-refractivity contribution in [1.82, 2.24) is 9.78 Å². The molecule has 0 aliphatic carbocycles. The first-order chi connectivity index (χ1) is 8.44. The van der Waals surface area contributed by atoms with Crippen LogP contribution in [0.2, 0.25) is 5.02 Å². The van der Waals surface area contributed by atoms with Gasteiger partial charge in [0.2, 0.25) is 0 Å². The molecule has 1 aromatic rings. The highest BCUT2D eigenvalue weighted by Gasteiger charge is 2.35. The average molecular weight is 293 g/mol. The van der Waals surface area contributed by atoms with Crippen molar-refractivity contribution in [2.24, 2.45) is 5.92 Å². The molecule has 5 nitrogen and oxygen atoms in total. The maximum absolute atomic E-state index is 11.4. The Bertz CT molecular complexity index is 526. The van der Waals surface area contributed by atoms with Gasteiger partial charge in [-0.15, -0.1) is 0 Å². The highest BCUT2D eigenvalue weighted by atomic mass is 35.5. The summed E-state index contributed by atoms with van der Waals surface area (Å²) in [5.41, 5.74) is 0.542. The zero-order chi connectivity index (χ0) is 13.3. The van der Waals surface area contributed by atoms with E-state index in [1.54, 1.807) is 4.68 Å². The first kappa shape index (κ1) is 13.8. The number of hydrogen-bond donors (Lipinski definition) is 1. The van der Waals surface area contributed by atoms with Gasteiger partial charge in [-0.2, -0.15) is 5.10 Å². The second-order valence-electron chi connectivity index (χ2n) is 4.71. The maximum atomic E-state index is 11.4. The van der Waals surface area contributed by atoms with E-state index in [4.69, 9.17) is 11.6 Å². The van der Waals surface area contributed by atoms with Gasteiger partial charge >= 0.3 is 0 Å². The van der Waals surface area contributed by atoms with Gasteiger partial charge in [0.1, 0.15) is 6.10 Å². The molecule has 1 saturated heterocycles. The molecule has 0 spiro atoms. The molecule has 0 radical (unpaired) electrons. The Morgan fingerprint density at radius 2 is 2.39 bits per heavy atom. The number of aliphatic hydroxyl groups is 1. The molecule has 7 heteroatoms. The lowest BCUT2D eigenvalue weighted by Gasteiger charge is -2.18. The van der Waals surface area contributed by atoms with Crippen molar-refractivity contribution in [2.45, 2.75) is 32.4 Å².